The first-order chi connectivity index (χ1) is 6.29. The van der Waals surface area contributed by atoms with Crippen molar-refractivity contribution >= 4 is 0 Å². The van der Waals surface area contributed by atoms with Crippen molar-refractivity contribution < 1.29 is 4.74 Å². The van der Waals surface area contributed by atoms with E-state index in [1.807, 2.05) is 6.92 Å². The van der Waals surface area contributed by atoms with Crippen LogP contribution in [-0.2, 0) is 4.74 Å². The molecule has 0 saturated heterocycles. The van der Waals surface area contributed by atoms with E-state index in [2.05, 4.69) is 18.7 Å². The van der Waals surface area contributed by atoms with Crippen molar-refractivity contribution in [3.8, 4) is 0 Å². The average Bonchev–Trinajstić information content (AvgIpc) is 2.17. The molecular weight excluding hydrogens is 164 g/mol. The number of hydrogen-bond donors (Lipinski definition) is 1. The van der Waals surface area contributed by atoms with E-state index in [0.717, 1.165) is 39.3 Å². The van der Waals surface area contributed by atoms with Gasteiger partial charge in [-0.25, -0.2) is 0 Å². The normalized spacial score (nSPS) is 13.6. The maximum absolute atomic E-state index is 5.68. The monoisotopic (exact) mass is 188 g/mol. The van der Waals surface area contributed by atoms with Gasteiger partial charge in [0.05, 0.1) is 6.61 Å². The minimum Gasteiger partial charge on any atom is -0.380 e. The molecule has 0 aromatic rings. The standard InChI is InChI=1S/C10H24N2O/c1-4-10(9-11)12(5-2)7-8-13-6-3/h10H,4-9,11H2,1-3H3. The highest BCUT2D eigenvalue weighted by atomic mass is 16.5. The van der Waals surface area contributed by atoms with Crippen LogP contribution in [0, 0.1) is 0 Å². The van der Waals surface area contributed by atoms with Gasteiger partial charge in [-0.1, -0.05) is 13.8 Å². The Morgan fingerprint density at radius 1 is 1.31 bits per heavy atom. The third-order valence-corrected chi connectivity index (χ3v) is 2.39. The van der Waals surface area contributed by atoms with Crippen LogP contribution in [0.25, 0.3) is 0 Å². The highest BCUT2D eigenvalue weighted by molar-refractivity contribution is 4.69. The quantitative estimate of drug-likeness (QED) is 0.579. The smallest absolute Gasteiger partial charge is 0.0593 e. The lowest BCUT2D eigenvalue weighted by atomic mass is 10.2. The summed E-state index contributed by atoms with van der Waals surface area (Å²) in [6.07, 6.45) is 1.12. The molecule has 2 N–H and O–H groups in total. The summed E-state index contributed by atoms with van der Waals surface area (Å²) in [4.78, 5) is 2.38. The fourth-order valence-corrected chi connectivity index (χ4v) is 1.50. The fraction of sp³-hybridized carbons (Fsp3) is 1.00. The predicted octanol–water partition coefficient (Wildman–Crippen LogP) is 1.08. The van der Waals surface area contributed by atoms with Crippen LogP contribution in [0.1, 0.15) is 27.2 Å². The third-order valence-electron chi connectivity index (χ3n) is 2.39. The second-order valence-electron chi connectivity index (χ2n) is 3.12. The topological polar surface area (TPSA) is 38.5 Å². The number of rotatable bonds is 8. The van der Waals surface area contributed by atoms with Crippen molar-refractivity contribution in [3.05, 3.63) is 0 Å². The molecule has 0 rings (SSSR count). The van der Waals surface area contributed by atoms with Gasteiger partial charge in [0.2, 0.25) is 0 Å². The maximum atomic E-state index is 5.68. The van der Waals surface area contributed by atoms with Gasteiger partial charge in [-0.3, -0.25) is 4.90 Å². The molecule has 0 aliphatic heterocycles. The van der Waals surface area contributed by atoms with Crippen molar-refractivity contribution in [2.24, 2.45) is 5.73 Å². The fourth-order valence-electron chi connectivity index (χ4n) is 1.50. The Balaban J connectivity index is 3.71. The summed E-state index contributed by atoms with van der Waals surface area (Å²) >= 11 is 0. The molecule has 0 radical (unpaired) electrons. The van der Waals surface area contributed by atoms with Gasteiger partial charge in [-0.05, 0) is 19.9 Å². The molecule has 0 aromatic heterocycles. The molecule has 0 amide bonds. The summed E-state index contributed by atoms with van der Waals surface area (Å²) in [5.41, 5.74) is 5.68. The Morgan fingerprint density at radius 2 is 2.00 bits per heavy atom. The first kappa shape index (κ1) is 12.9. The number of hydrogen-bond acceptors (Lipinski definition) is 3. The summed E-state index contributed by atoms with van der Waals surface area (Å²) < 4.78 is 5.32. The lowest BCUT2D eigenvalue weighted by Gasteiger charge is -2.28. The molecule has 0 fully saturated rings. The van der Waals surface area contributed by atoms with Crippen molar-refractivity contribution in [2.75, 3.05) is 32.8 Å². The molecule has 1 atom stereocenters. The summed E-state index contributed by atoms with van der Waals surface area (Å²) in [7, 11) is 0. The van der Waals surface area contributed by atoms with Crippen LogP contribution in [0.2, 0.25) is 0 Å². The van der Waals surface area contributed by atoms with E-state index >= 15 is 0 Å². The van der Waals surface area contributed by atoms with Gasteiger partial charge in [0.1, 0.15) is 0 Å². The number of nitrogens with two attached hydrogens (primary N) is 1. The average molecular weight is 188 g/mol. The molecule has 0 bridgehead atoms. The molecular formula is C10H24N2O. The molecule has 80 valence electrons. The summed E-state index contributed by atoms with van der Waals surface area (Å²) in [5.74, 6) is 0. The van der Waals surface area contributed by atoms with Gasteiger partial charge in [-0.15, -0.1) is 0 Å². The predicted molar refractivity (Wildman–Crippen MR) is 56.9 cm³/mol. The second kappa shape index (κ2) is 8.48. The minimum absolute atomic E-state index is 0.519. The van der Waals surface area contributed by atoms with E-state index in [1.165, 1.54) is 0 Å². The van der Waals surface area contributed by atoms with Crippen molar-refractivity contribution in [3.63, 3.8) is 0 Å². The molecule has 0 heterocycles. The molecule has 1 unspecified atom stereocenters. The highest BCUT2D eigenvalue weighted by Crippen LogP contribution is 2.01. The molecule has 3 heteroatoms. The van der Waals surface area contributed by atoms with Crippen LogP contribution in [-0.4, -0.2) is 43.8 Å². The van der Waals surface area contributed by atoms with E-state index in [-0.39, 0.29) is 0 Å². The first-order valence-electron chi connectivity index (χ1n) is 5.31. The van der Waals surface area contributed by atoms with Crippen molar-refractivity contribution in [1.82, 2.24) is 4.90 Å². The Hall–Kier alpha value is -0.120. The number of likely N-dealkylation sites (N-methyl/N-ethyl adjacent to an activating group) is 1. The highest BCUT2D eigenvalue weighted by Gasteiger charge is 2.12. The van der Waals surface area contributed by atoms with Gasteiger partial charge >= 0.3 is 0 Å². The van der Waals surface area contributed by atoms with Crippen molar-refractivity contribution in [1.29, 1.82) is 0 Å². The van der Waals surface area contributed by atoms with Crippen LogP contribution < -0.4 is 5.73 Å². The molecule has 0 aliphatic carbocycles. The van der Waals surface area contributed by atoms with Crippen molar-refractivity contribution in [2.45, 2.75) is 33.2 Å². The Kier molecular flexibility index (Phi) is 8.40. The summed E-state index contributed by atoms with van der Waals surface area (Å²) in [6, 6.07) is 0.519. The molecule has 0 spiro atoms. The molecule has 0 aromatic carbocycles. The Labute approximate surface area is 82.2 Å². The summed E-state index contributed by atoms with van der Waals surface area (Å²) in [5, 5.41) is 0. The van der Waals surface area contributed by atoms with E-state index in [0.29, 0.717) is 6.04 Å². The van der Waals surface area contributed by atoms with Gasteiger partial charge < -0.3 is 10.5 Å². The van der Waals surface area contributed by atoms with Gasteiger partial charge in [0.25, 0.3) is 0 Å². The molecule has 13 heavy (non-hydrogen) atoms. The lowest BCUT2D eigenvalue weighted by molar-refractivity contribution is 0.0971. The van der Waals surface area contributed by atoms with E-state index in [9.17, 15) is 0 Å². The molecule has 0 saturated carbocycles. The third kappa shape index (κ3) is 5.24. The minimum atomic E-state index is 0.519. The largest absolute Gasteiger partial charge is 0.380 e. The van der Waals surface area contributed by atoms with Gasteiger partial charge in [0, 0.05) is 25.7 Å². The zero-order valence-corrected chi connectivity index (χ0v) is 9.25. The van der Waals surface area contributed by atoms with Crippen LogP contribution >= 0.6 is 0 Å². The van der Waals surface area contributed by atoms with E-state index in [4.69, 9.17) is 10.5 Å². The van der Waals surface area contributed by atoms with Crippen LogP contribution in [0.5, 0.6) is 0 Å². The Bertz CT molecular complexity index is 105. The van der Waals surface area contributed by atoms with Crippen LogP contribution in [0.3, 0.4) is 0 Å². The zero-order chi connectivity index (χ0) is 10.1. The maximum Gasteiger partial charge on any atom is 0.0593 e. The van der Waals surface area contributed by atoms with Crippen LogP contribution in [0.15, 0.2) is 0 Å². The molecule has 3 nitrogen and oxygen atoms in total. The molecule has 0 aliphatic rings. The van der Waals surface area contributed by atoms with Gasteiger partial charge in [0.15, 0.2) is 0 Å². The van der Waals surface area contributed by atoms with E-state index in [1.54, 1.807) is 0 Å². The van der Waals surface area contributed by atoms with Crippen LogP contribution in [0.4, 0.5) is 0 Å². The Morgan fingerprint density at radius 3 is 2.38 bits per heavy atom. The lowest BCUT2D eigenvalue weighted by Crippen LogP contribution is -2.41. The zero-order valence-electron chi connectivity index (χ0n) is 9.25. The first-order valence-corrected chi connectivity index (χ1v) is 5.31. The van der Waals surface area contributed by atoms with Gasteiger partial charge in [-0.2, -0.15) is 0 Å². The van der Waals surface area contributed by atoms with E-state index < -0.39 is 0 Å². The SMILES string of the molecule is CCOCCN(CC)C(CC)CN. The summed E-state index contributed by atoms with van der Waals surface area (Å²) in [6.45, 7) is 10.8. The number of nitrogens with zero attached hydrogens (tertiary/aromatic N) is 1. The number of ether oxygens (including phenoxy) is 1. The second-order valence-corrected chi connectivity index (χ2v) is 3.12.